The van der Waals surface area contributed by atoms with Gasteiger partial charge in [-0.15, -0.1) is 0 Å². The van der Waals surface area contributed by atoms with Crippen molar-refractivity contribution in [3.63, 3.8) is 0 Å². The molecule has 0 saturated heterocycles. The SMILES string of the molecule is Cc1ccc(Oc2ccccc2NC(=O)CNC(=O)c2cc(C)cc(C)c2)cc1. The van der Waals surface area contributed by atoms with Crippen molar-refractivity contribution in [1.29, 1.82) is 0 Å². The molecule has 0 radical (unpaired) electrons. The molecule has 3 aromatic carbocycles. The number of rotatable bonds is 6. The summed E-state index contributed by atoms with van der Waals surface area (Å²) < 4.78 is 5.88. The number of ether oxygens (including phenoxy) is 1. The lowest BCUT2D eigenvalue weighted by Crippen LogP contribution is -2.33. The number of carbonyl (C=O) groups excluding carboxylic acids is 2. The van der Waals surface area contributed by atoms with E-state index in [2.05, 4.69) is 10.6 Å². The second kappa shape index (κ2) is 9.06. The van der Waals surface area contributed by atoms with Gasteiger partial charge in [0.25, 0.3) is 5.91 Å². The van der Waals surface area contributed by atoms with Crippen molar-refractivity contribution >= 4 is 17.5 Å². The van der Waals surface area contributed by atoms with Crippen LogP contribution < -0.4 is 15.4 Å². The highest BCUT2D eigenvalue weighted by Crippen LogP contribution is 2.29. The Bertz CT molecular complexity index is 1010. The second-order valence-electron chi connectivity index (χ2n) is 7.02. The summed E-state index contributed by atoms with van der Waals surface area (Å²) in [5, 5.41) is 5.45. The van der Waals surface area contributed by atoms with Gasteiger partial charge in [-0.2, -0.15) is 0 Å². The summed E-state index contributed by atoms with van der Waals surface area (Å²) in [7, 11) is 0. The van der Waals surface area contributed by atoms with Crippen LogP contribution in [0.4, 0.5) is 5.69 Å². The number of nitrogens with one attached hydrogen (secondary N) is 2. The van der Waals surface area contributed by atoms with E-state index < -0.39 is 0 Å². The van der Waals surface area contributed by atoms with E-state index in [9.17, 15) is 9.59 Å². The molecular weight excluding hydrogens is 364 g/mol. The van der Waals surface area contributed by atoms with Crippen LogP contribution >= 0.6 is 0 Å². The molecule has 2 N–H and O–H groups in total. The van der Waals surface area contributed by atoms with Gasteiger partial charge in [0.05, 0.1) is 12.2 Å². The smallest absolute Gasteiger partial charge is 0.251 e. The molecule has 0 unspecified atom stereocenters. The number of para-hydroxylation sites is 2. The molecule has 3 aromatic rings. The molecular formula is C24H24N2O3. The number of aryl methyl sites for hydroxylation is 3. The van der Waals surface area contributed by atoms with Crippen LogP contribution in [0.1, 0.15) is 27.0 Å². The zero-order valence-corrected chi connectivity index (χ0v) is 16.8. The Balaban J connectivity index is 1.62. The molecule has 5 heteroatoms. The summed E-state index contributed by atoms with van der Waals surface area (Å²) in [5.74, 6) is 0.601. The highest BCUT2D eigenvalue weighted by atomic mass is 16.5. The van der Waals surface area contributed by atoms with E-state index in [-0.39, 0.29) is 18.4 Å². The lowest BCUT2D eigenvalue weighted by atomic mass is 10.1. The Hall–Kier alpha value is -3.60. The third-order valence-electron chi connectivity index (χ3n) is 4.30. The molecule has 0 spiro atoms. The van der Waals surface area contributed by atoms with Crippen LogP contribution in [0.2, 0.25) is 0 Å². The number of amides is 2. The minimum absolute atomic E-state index is 0.134. The van der Waals surface area contributed by atoms with Gasteiger partial charge >= 0.3 is 0 Å². The third kappa shape index (κ3) is 5.69. The predicted molar refractivity (Wildman–Crippen MR) is 115 cm³/mol. The van der Waals surface area contributed by atoms with Gasteiger partial charge < -0.3 is 15.4 Å². The zero-order chi connectivity index (χ0) is 20.8. The summed E-state index contributed by atoms with van der Waals surface area (Å²) in [4.78, 5) is 24.7. The molecule has 0 bridgehead atoms. The lowest BCUT2D eigenvalue weighted by Gasteiger charge is -2.13. The van der Waals surface area contributed by atoms with Gasteiger partial charge in [0.15, 0.2) is 5.75 Å². The summed E-state index contributed by atoms with van der Waals surface area (Å²) in [6.07, 6.45) is 0. The van der Waals surface area contributed by atoms with Crippen LogP contribution in [0.5, 0.6) is 11.5 Å². The van der Waals surface area contributed by atoms with E-state index in [1.54, 1.807) is 24.3 Å². The van der Waals surface area contributed by atoms with Crippen LogP contribution in [-0.4, -0.2) is 18.4 Å². The number of carbonyl (C=O) groups is 2. The molecule has 148 valence electrons. The fourth-order valence-electron chi connectivity index (χ4n) is 2.95. The van der Waals surface area contributed by atoms with Crippen LogP contribution in [0.3, 0.4) is 0 Å². The van der Waals surface area contributed by atoms with Crippen molar-refractivity contribution < 1.29 is 14.3 Å². The van der Waals surface area contributed by atoms with E-state index in [4.69, 9.17) is 4.74 Å². The molecule has 0 heterocycles. The normalized spacial score (nSPS) is 10.3. The van der Waals surface area contributed by atoms with Gasteiger partial charge in [-0.25, -0.2) is 0 Å². The maximum Gasteiger partial charge on any atom is 0.251 e. The molecule has 0 aliphatic heterocycles. The van der Waals surface area contributed by atoms with Gasteiger partial charge in [-0.1, -0.05) is 47.0 Å². The molecule has 0 atom stereocenters. The van der Waals surface area contributed by atoms with Crippen molar-refractivity contribution in [2.24, 2.45) is 0 Å². The highest BCUT2D eigenvalue weighted by Gasteiger charge is 2.11. The Morgan fingerprint density at radius 3 is 2.17 bits per heavy atom. The first kappa shape index (κ1) is 20.1. The molecule has 0 fully saturated rings. The fraction of sp³-hybridized carbons (Fsp3) is 0.167. The van der Waals surface area contributed by atoms with Crippen molar-refractivity contribution in [2.75, 3.05) is 11.9 Å². The van der Waals surface area contributed by atoms with Crippen molar-refractivity contribution in [3.05, 3.63) is 89.0 Å². The van der Waals surface area contributed by atoms with Crippen molar-refractivity contribution in [2.45, 2.75) is 20.8 Å². The molecule has 0 saturated carbocycles. The number of anilines is 1. The van der Waals surface area contributed by atoms with Crippen LogP contribution in [-0.2, 0) is 4.79 Å². The van der Waals surface area contributed by atoms with E-state index in [0.29, 0.717) is 22.7 Å². The average molecular weight is 388 g/mol. The Kier molecular flexibility index (Phi) is 6.29. The maximum absolute atomic E-state index is 12.4. The Morgan fingerprint density at radius 2 is 1.48 bits per heavy atom. The number of hydrogen-bond acceptors (Lipinski definition) is 3. The van der Waals surface area contributed by atoms with Gasteiger partial charge in [0.1, 0.15) is 5.75 Å². The number of hydrogen-bond donors (Lipinski definition) is 2. The largest absolute Gasteiger partial charge is 0.455 e. The molecule has 3 rings (SSSR count). The third-order valence-corrected chi connectivity index (χ3v) is 4.30. The minimum Gasteiger partial charge on any atom is -0.455 e. The fourth-order valence-corrected chi connectivity index (χ4v) is 2.95. The summed E-state index contributed by atoms with van der Waals surface area (Å²) in [6.45, 7) is 5.73. The van der Waals surface area contributed by atoms with E-state index in [1.165, 1.54) is 0 Å². The van der Waals surface area contributed by atoms with Crippen molar-refractivity contribution in [3.8, 4) is 11.5 Å². The molecule has 0 aliphatic rings. The second-order valence-corrected chi connectivity index (χ2v) is 7.02. The first-order valence-corrected chi connectivity index (χ1v) is 9.40. The quantitative estimate of drug-likeness (QED) is 0.639. The first-order chi connectivity index (χ1) is 13.9. The topological polar surface area (TPSA) is 67.4 Å². The summed E-state index contributed by atoms with van der Waals surface area (Å²) in [5.41, 5.74) is 4.22. The predicted octanol–water partition coefficient (Wildman–Crippen LogP) is 4.77. The van der Waals surface area contributed by atoms with Gasteiger partial charge in [0, 0.05) is 5.56 Å². The summed E-state index contributed by atoms with van der Waals surface area (Å²) in [6, 6.07) is 20.4. The molecule has 29 heavy (non-hydrogen) atoms. The Morgan fingerprint density at radius 1 is 0.828 bits per heavy atom. The minimum atomic E-state index is -0.331. The van der Waals surface area contributed by atoms with E-state index in [0.717, 1.165) is 16.7 Å². The van der Waals surface area contributed by atoms with E-state index >= 15 is 0 Å². The zero-order valence-electron chi connectivity index (χ0n) is 16.8. The molecule has 5 nitrogen and oxygen atoms in total. The maximum atomic E-state index is 12.4. The Labute approximate surface area is 170 Å². The highest BCUT2D eigenvalue weighted by molar-refractivity contribution is 6.00. The molecule has 2 amide bonds. The lowest BCUT2D eigenvalue weighted by molar-refractivity contribution is -0.115. The van der Waals surface area contributed by atoms with E-state index in [1.807, 2.05) is 63.2 Å². The van der Waals surface area contributed by atoms with Crippen LogP contribution in [0.25, 0.3) is 0 Å². The monoisotopic (exact) mass is 388 g/mol. The first-order valence-electron chi connectivity index (χ1n) is 9.40. The van der Waals surface area contributed by atoms with Crippen LogP contribution in [0, 0.1) is 20.8 Å². The number of benzene rings is 3. The molecule has 0 aliphatic carbocycles. The average Bonchev–Trinajstić information content (AvgIpc) is 2.68. The van der Waals surface area contributed by atoms with Gasteiger partial charge in [-0.05, 0) is 57.2 Å². The molecule has 0 aromatic heterocycles. The van der Waals surface area contributed by atoms with Crippen molar-refractivity contribution in [1.82, 2.24) is 5.32 Å². The standard InChI is InChI=1S/C24H24N2O3/c1-16-8-10-20(11-9-16)29-22-7-5-4-6-21(22)26-23(27)15-25-24(28)19-13-17(2)12-18(3)14-19/h4-14H,15H2,1-3H3,(H,25,28)(H,26,27). The summed E-state index contributed by atoms with van der Waals surface area (Å²) >= 11 is 0. The van der Waals surface area contributed by atoms with Gasteiger partial charge in [-0.3, -0.25) is 9.59 Å². The van der Waals surface area contributed by atoms with Crippen LogP contribution in [0.15, 0.2) is 66.7 Å². The van der Waals surface area contributed by atoms with Gasteiger partial charge in [0.2, 0.25) is 5.91 Å².